The van der Waals surface area contributed by atoms with Gasteiger partial charge in [-0.05, 0) is 39.2 Å². The fraction of sp³-hybridized carbons (Fsp3) is 0.706. The molecule has 1 atom stereocenters. The van der Waals surface area contributed by atoms with Crippen LogP contribution >= 0.6 is 24.0 Å². The fourth-order valence-electron chi connectivity index (χ4n) is 2.90. The minimum absolute atomic E-state index is 0. The van der Waals surface area contributed by atoms with Crippen molar-refractivity contribution in [3.05, 3.63) is 18.0 Å². The number of nitrogens with zero attached hydrogens (tertiary/aromatic N) is 4. The van der Waals surface area contributed by atoms with Crippen molar-refractivity contribution in [1.29, 1.82) is 0 Å². The molecule has 1 aliphatic rings. The van der Waals surface area contributed by atoms with Crippen molar-refractivity contribution in [2.45, 2.75) is 40.2 Å². The van der Waals surface area contributed by atoms with Crippen LogP contribution in [0.5, 0.6) is 0 Å². The molecule has 1 unspecified atom stereocenters. The number of esters is 1. The summed E-state index contributed by atoms with van der Waals surface area (Å²) in [4.78, 5) is 18.9. The van der Waals surface area contributed by atoms with E-state index < -0.39 is 0 Å². The van der Waals surface area contributed by atoms with Crippen molar-refractivity contribution in [3.63, 3.8) is 0 Å². The van der Waals surface area contributed by atoms with Gasteiger partial charge in [-0.1, -0.05) is 0 Å². The average Bonchev–Trinajstić information content (AvgIpc) is 3.00. The Balaban J connectivity index is 0.00000312. The van der Waals surface area contributed by atoms with E-state index in [2.05, 4.69) is 22.2 Å². The Labute approximate surface area is 167 Å². The molecule has 0 amide bonds. The number of halogens is 1. The minimum Gasteiger partial charge on any atom is -0.466 e. The third kappa shape index (κ3) is 6.83. The molecule has 8 heteroatoms. The van der Waals surface area contributed by atoms with Crippen LogP contribution in [0.3, 0.4) is 0 Å². The standard InChI is InChI=1S/C17H29N5O2.HI/c1-4-18-17(19-8-10-22-12-14(3)11-20-22)21-9-6-7-15(13-21)16(23)24-5-2;/h11-12,15H,4-10,13H2,1-3H3,(H,18,19);1H. The lowest BCUT2D eigenvalue weighted by Gasteiger charge is -2.34. The van der Waals surface area contributed by atoms with Gasteiger partial charge in [0.15, 0.2) is 5.96 Å². The van der Waals surface area contributed by atoms with Crippen molar-refractivity contribution in [1.82, 2.24) is 20.0 Å². The van der Waals surface area contributed by atoms with Crippen molar-refractivity contribution < 1.29 is 9.53 Å². The lowest BCUT2D eigenvalue weighted by Crippen LogP contribution is -2.48. The van der Waals surface area contributed by atoms with E-state index in [1.165, 1.54) is 0 Å². The Bertz CT molecular complexity index is 561. The van der Waals surface area contributed by atoms with Crippen LogP contribution in [0.25, 0.3) is 0 Å². The first-order valence-electron chi connectivity index (χ1n) is 8.83. The molecule has 7 nitrogen and oxygen atoms in total. The lowest BCUT2D eigenvalue weighted by atomic mass is 9.98. The summed E-state index contributed by atoms with van der Waals surface area (Å²) in [7, 11) is 0. The van der Waals surface area contributed by atoms with Gasteiger partial charge in [0, 0.05) is 25.8 Å². The molecule has 1 aromatic heterocycles. The molecule has 1 aliphatic heterocycles. The highest BCUT2D eigenvalue weighted by Gasteiger charge is 2.28. The predicted octanol–water partition coefficient (Wildman–Crippen LogP) is 2.05. The fourth-order valence-corrected chi connectivity index (χ4v) is 2.90. The third-order valence-electron chi connectivity index (χ3n) is 4.03. The molecular weight excluding hydrogens is 433 g/mol. The third-order valence-corrected chi connectivity index (χ3v) is 4.03. The summed E-state index contributed by atoms with van der Waals surface area (Å²) >= 11 is 0. The average molecular weight is 463 g/mol. The minimum atomic E-state index is -0.0925. The van der Waals surface area contributed by atoms with Gasteiger partial charge in [-0.15, -0.1) is 24.0 Å². The highest BCUT2D eigenvalue weighted by Crippen LogP contribution is 2.18. The number of hydrogen-bond donors (Lipinski definition) is 1. The predicted molar refractivity (Wildman–Crippen MR) is 109 cm³/mol. The van der Waals surface area contributed by atoms with E-state index in [9.17, 15) is 4.79 Å². The second kappa shape index (κ2) is 11.3. The zero-order chi connectivity index (χ0) is 17.4. The van der Waals surface area contributed by atoms with Gasteiger partial charge >= 0.3 is 5.97 Å². The van der Waals surface area contributed by atoms with Crippen LogP contribution in [0, 0.1) is 12.8 Å². The number of rotatable bonds is 6. The van der Waals surface area contributed by atoms with Gasteiger partial charge in [-0.2, -0.15) is 5.10 Å². The van der Waals surface area contributed by atoms with Crippen LogP contribution in [0.15, 0.2) is 17.4 Å². The number of carbonyl (C=O) groups is 1. The summed E-state index contributed by atoms with van der Waals surface area (Å²) in [5, 5.41) is 7.61. The first-order chi connectivity index (χ1) is 11.6. The molecule has 142 valence electrons. The zero-order valence-corrected chi connectivity index (χ0v) is 17.7. The van der Waals surface area contributed by atoms with Gasteiger partial charge in [0.2, 0.25) is 0 Å². The maximum Gasteiger partial charge on any atom is 0.310 e. The molecule has 0 saturated carbocycles. The Hall–Kier alpha value is -1.32. The monoisotopic (exact) mass is 463 g/mol. The van der Waals surface area contributed by atoms with E-state index in [0.29, 0.717) is 19.7 Å². The van der Waals surface area contributed by atoms with Crippen LogP contribution in [-0.4, -0.2) is 59.4 Å². The molecule has 1 aromatic rings. The van der Waals surface area contributed by atoms with Crippen LogP contribution in [-0.2, 0) is 16.1 Å². The van der Waals surface area contributed by atoms with E-state index in [1.807, 2.05) is 30.9 Å². The molecule has 1 fully saturated rings. The van der Waals surface area contributed by atoms with Crippen LogP contribution in [0.4, 0.5) is 0 Å². The van der Waals surface area contributed by atoms with Crippen LogP contribution < -0.4 is 5.32 Å². The highest BCUT2D eigenvalue weighted by atomic mass is 127. The van der Waals surface area contributed by atoms with Crippen LogP contribution in [0.2, 0.25) is 0 Å². The summed E-state index contributed by atoms with van der Waals surface area (Å²) in [6.45, 7) is 10.2. The second-order valence-electron chi connectivity index (χ2n) is 6.05. The van der Waals surface area contributed by atoms with E-state index in [-0.39, 0.29) is 35.9 Å². The number of nitrogens with one attached hydrogen (secondary N) is 1. The highest BCUT2D eigenvalue weighted by molar-refractivity contribution is 14.0. The van der Waals surface area contributed by atoms with Crippen molar-refractivity contribution in [2.24, 2.45) is 10.9 Å². The molecule has 2 rings (SSSR count). The Morgan fingerprint density at radius 3 is 2.92 bits per heavy atom. The summed E-state index contributed by atoms with van der Waals surface area (Å²) < 4.78 is 7.08. The molecule has 0 radical (unpaired) electrons. The SMILES string of the molecule is CCNC(=NCCn1cc(C)cn1)N1CCCC(C(=O)OCC)C1.I. The molecule has 1 N–H and O–H groups in total. The number of ether oxygens (including phenoxy) is 1. The maximum absolute atomic E-state index is 12.0. The van der Waals surface area contributed by atoms with E-state index in [0.717, 1.165) is 44.0 Å². The van der Waals surface area contributed by atoms with Crippen molar-refractivity contribution in [3.8, 4) is 0 Å². The number of aryl methyl sites for hydroxylation is 1. The number of piperidine rings is 1. The molecule has 0 aromatic carbocycles. The van der Waals surface area contributed by atoms with Crippen molar-refractivity contribution >= 4 is 35.9 Å². The molecule has 2 heterocycles. The molecule has 1 saturated heterocycles. The van der Waals surface area contributed by atoms with Gasteiger partial charge < -0.3 is 15.0 Å². The number of guanidine groups is 1. The van der Waals surface area contributed by atoms with Gasteiger partial charge in [-0.25, -0.2) is 0 Å². The first kappa shape index (κ1) is 21.7. The summed E-state index contributed by atoms with van der Waals surface area (Å²) in [5.41, 5.74) is 1.15. The smallest absolute Gasteiger partial charge is 0.310 e. The number of aliphatic imine (C=N–C) groups is 1. The van der Waals surface area contributed by atoms with Gasteiger partial charge in [0.1, 0.15) is 0 Å². The number of carbonyl (C=O) groups excluding carboxylic acids is 1. The molecular formula is C17H30IN5O2. The zero-order valence-electron chi connectivity index (χ0n) is 15.4. The van der Waals surface area contributed by atoms with E-state index >= 15 is 0 Å². The van der Waals surface area contributed by atoms with Gasteiger partial charge in [0.25, 0.3) is 0 Å². The number of likely N-dealkylation sites (tertiary alicyclic amines) is 1. The molecule has 0 aliphatic carbocycles. The summed E-state index contributed by atoms with van der Waals surface area (Å²) in [6.07, 6.45) is 5.73. The number of hydrogen-bond acceptors (Lipinski definition) is 4. The molecule has 25 heavy (non-hydrogen) atoms. The molecule has 0 spiro atoms. The van der Waals surface area contributed by atoms with E-state index in [1.54, 1.807) is 0 Å². The Kier molecular flexibility index (Phi) is 9.84. The largest absolute Gasteiger partial charge is 0.466 e. The Morgan fingerprint density at radius 1 is 1.48 bits per heavy atom. The Morgan fingerprint density at radius 2 is 2.28 bits per heavy atom. The second-order valence-corrected chi connectivity index (χ2v) is 6.05. The van der Waals surface area contributed by atoms with Gasteiger partial charge in [0.05, 0.1) is 31.8 Å². The molecule has 0 bridgehead atoms. The summed E-state index contributed by atoms with van der Waals surface area (Å²) in [5.74, 6) is 0.719. The lowest BCUT2D eigenvalue weighted by molar-refractivity contribution is -0.149. The van der Waals surface area contributed by atoms with Crippen molar-refractivity contribution in [2.75, 3.05) is 32.8 Å². The normalized spacial score (nSPS) is 17.8. The number of aromatic nitrogens is 2. The summed E-state index contributed by atoms with van der Waals surface area (Å²) in [6, 6.07) is 0. The topological polar surface area (TPSA) is 71.8 Å². The first-order valence-corrected chi connectivity index (χ1v) is 8.83. The quantitative estimate of drug-likeness (QED) is 0.303. The van der Waals surface area contributed by atoms with Crippen LogP contribution in [0.1, 0.15) is 32.3 Å². The van der Waals surface area contributed by atoms with Gasteiger partial charge in [-0.3, -0.25) is 14.5 Å². The maximum atomic E-state index is 12.0. The van der Waals surface area contributed by atoms with E-state index in [4.69, 9.17) is 9.73 Å².